The van der Waals surface area contributed by atoms with Gasteiger partial charge in [0, 0.05) is 12.3 Å². The van der Waals surface area contributed by atoms with Gasteiger partial charge in [0.05, 0.1) is 15.9 Å². The Hall–Kier alpha value is -2.84. The average molecular weight is 392 g/mol. The second-order valence-electron chi connectivity index (χ2n) is 6.59. The number of benzene rings is 1. The van der Waals surface area contributed by atoms with E-state index in [1.165, 1.54) is 44.9 Å². The van der Waals surface area contributed by atoms with Gasteiger partial charge >= 0.3 is 0 Å². The van der Waals surface area contributed by atoms with Crippen molar-refractivity contribution < 1.29 is 14.6 Å². The molecule has 0 saturated heterocycles. The molecule has 1 aromatic carbocycles. The summed E-state index contributed by atoms with van der Waals surface area (Å²) < 4.78 is 0. The molecule has 9 heteroatoms. The SMILES string of the molecule is CCCCCCCCCCC/C=N\NC(=O)c1ccc([N+](=O)[O-])cc1[N+](=O)[O-]. The molecule has 0 aromatic heterocycles. The van der Waals surface area contributed by atoms with Crippen molar-refractivity contribution in [1.82, 2.24) is 5.43 Å². The molecule has 1 N–H and O–H groups in total. The molecule has 0 bridgehead atoms. The number of non-ortho nitro benzene ring substituents is 1. The van der Waals surface area contributed by atoms with Gasteiger partial charge in [-0.2, -0.15) is 5.10 Å². The monoisotopic (exact) mass is 392 g/mol. The van der Waals surface area contributed by atoms with E-state index in [2.05, 4.69) is 17.5 Å². The zero-order valence-electron chi connectivity index (χ0n) is 16.3. The molecule has 0 aliphatic rings. The quantitative estimate of drug-likeness (QED) is 0.203. The molecule has 0 atom stereocenters. The van der Waals surface area contributed by atoms with Crippen LogP contribution in [0.4, 0.5) is 11.4 Å². The van der Waals surface area contributed by atoms with Crippen LogP contribution in [0.2, 0.25) is 0 Å². The zero-order chi connectivity index (χ0) is 20.8. The van der Waals surface area contributed by atoms with Crippen molar-refractivity contribution >= 4 is 23.5 Å². The minimum absolute atomic E-state index is 0.268. The predicted molar refractivity (Wildman–Crippen MR) is 108 cm³/mol. The number of nitrogens with one attached hydrogen (secondary N) is 1. The summed E-state index contributed by atoms with van der Waals surface area (Å²) in [6.07, 6.45) is 13.2. The van der Waals surface area contributed by atoms with Gasteiger partial charge in [-0.15, -0.1) is 0 Å². The summed E-state index contributed by atoms with van der Waals surface area (Å²) in [5, 5.41) is 25.5. The highest BCUT2D eigenvalue weighted by Gasteiger charge is 2.23. The summed E-state index contributed by atoms with van der Waals surface area (Å²) in [5.41, 5.74) is 0.891. The summed E-state index contributed by atoms with van der Waals surface area (Å²) >= 11 is 0. The van der Waals surface area contributed by atoms with Crippen molar-refractivity contribution in [2.45, 2.75) is 71.1 Å². The Bertz CT molecular complexity index is 691. The third kappa shape index (κ3) is 8.70. The lowest BCUT2D eigenvalue weighted by molar-refractivity contribution is -0.394. The molecular formula is C19H28N4O5. The van der Waals surface area contributed by atoms with Gasteiger partial charge in [0.1, 0.15) is 5.56 Å². The smallest absolute Gasteiger partial charge is 0.267 e. The fourth-order valence-corrected chi connectivity index (χ4v) is 2.75. The van der Waals surface area contributed by atoms with Gasteiger partial charge in [-0.05, 0) is 18.9 Å². The molecule has 1 rings (SSSR count). The topological polar surface area (TPSA) is 128 Å². The van der Waals surface area contributed by atoms with E-state index < -0.39 is 27.1 Å². The van der Waals surface area contributed by atoms with Gasteiger partial charge < -0.3 is 0 Å². The van der Waals surface area contributed by atoms with Crippen molar-refractivity contribution in [3.05, 3.63) is 44.0 Å². The second-order valence-corrected chi connectivity index (χ2v) is 6.59. The Morgan fingerprint density at radius 3 is 2.18 bits per heavy atom. The first kappa shape index (κ1) is 23.2. The molecule has 0 fully saturated rings. The van der Waals surface area contributed by atoms with Crippen LogP contribution in [-0.4, -0.2) is 22.0 Å². The fourth-order valence-electron chi connectivity index (χ4n) is 2.75. The molecule has 0 radical (unpaired) electrons. The number of hydrogen-bond acceptors (Lipinski definition) is 6. The number of rotatable bonds is 14. The number of hydrazone groups is 1. The van der Waals surface area contributed by atoms with Crippen LogP contribution in [-0.2, 0) is 0 Å². The highest BCUT2D eigenvalue weighted by molar-refractivity contribution is 5.98. The third-order valence-corrected chi connectivity index (χ3v) is 4.33. The number of hydrogen-bond donors (Lipinski definition) is 1. The minimum atomic E-state index is -0.826. The van der Waals surface area contributed by atoms with Gasteiger partial charge in [0.2, 0.25) is 0 Å². The maximum Gasteiger partial charge on any atom is 0.289 e. The van der Waals surface area contributed by atoms with Crippen LogP contribution in [0.3, 0.4) is 0 Å². The summed E-state index contributed by atoms with van der Waals surface area (Å²) in [5.74, 6) is -0.773. The van der Waals surface area contributed by atoms with Crippen LogP contribution in [0.15, 0.2) is 23.3 Å². The number of carbonyl (C=O) groups is 1. The van der Waals surface area contributed by atoms with Gasteiger partial charge in [0.15, 0.2) is 0 Å². The Labute approximate surface area is 164 Å². The molecular weight excluding hydrogens is 364 g/mol. The molecule has 1 aromatic rings. The van der Waals surface area contributed by atoms with Crippen LogP contribution < -0.4 is 5.43 Å². The van der Waals surface area contributed by atoms with Gasteiger partial charge in [-0.3, -0.25) is 25.0 Å². The first-order valence-corrected chi connectivity index (χ1v) is 9.72. The minimum Gasteiger partial charge on any atom is -0.267 e. The Morgan fingerprint density at radius 2 is 1.61 bits per heavy atom. The van der Waals surface area contributed by atoms with Crippen LogP contribution in [0, 0.1) is 20.2 Å². The van der Waals surface area contributed by atoms with Crippen LogP contribution in [0.1, 0.15) is 81.5 Å². The lowest BCUT2D eigenvalue weighted by Crippen LogP contribution is -2.19. The van der Waals surface area contributed by atoms with Gasteiger partial charge in [-0.1, -0.05) is 58.3 Å². The predicted octanol–water partition coefficient (Wildman–Crippen LogP) is 5.14. The lowest BCUT2D eigenvalue weighted by Gasteiger charge is -2.02. The van der Waals surface area contributed by atoms with Crippen molar-refractivity contribution in [3.8, 4) is 0 Å². The van der Waals surface area contributed by atoms with E-state index in [-0.39, 0.29) is 5.56 Å². The van der Waals surface area contributed by atoms with Crippen molar-refractivity contribution in [2.24, 2.45) is 5.10 Å². The number of amides is 1. The molecule has 0 heterocycles. The maximum atomic E-state index is 12.0. The standard InChI is InChI=1S/C19H28N4O5/c1-2-3-4-5-6-7-8-9-10-11-14-20-21-19(24)17-13-12-16(22(25)26)15-18(17)23(27)28/h12-15H,2-11H2,1H3,(H,21,24)/b20-14-. The van der Waals surface area contributed by atoms with E-state index in [9.17, 15) is 25.0 Å². The average Bonchev–Trinajstić information content (AvgIpc) is 2.68. The van der Waals surface area contributed by atoms with Gasteiger partial charge in [0.25, 0.3) is 17.3 Å². The Balaban J connectivity index is 2.32. The van der Waals surface area contributed by atoms with E-state index in [1.54, 1.807) is 6.21 Å². The lowest BCUT2D eigenvalue weighted by atomic mass is 10.1. The summed E-state index contributed by atoms with van der Waals surface area (Å²) in [7, 11) is 0. The second kappa shape index (κ2) is 13.3. The van der Waals surface area contributed by atoms with E-state index >= 15 is 0 Å². The van der Waals surface area contributed by atoms with Gasteiger partial charge in [-0.25, -0.2) is 5.43 Å². The molecule has 154 valence electrons. The third-order valence-electron chi connectivity index (χ3n) is 4.33. The first-order chi connectivity index (χ1) is 13.5. The van der Waals surface area contributed by atoms with E-state index in [0.29, 0.717) is 6.42 Å². The fraction of sp³-hybridized carbons (Fsp3) is 0.579. The van der Waals surface area contributed by atoms with Crippen LogP contribution in [0.5, 0.6) is 0 Å². The summed E-state index contributed by atoms with van der Waals surface area (Å²) in [6, 6.07) is 2.87. The summed E-state index contributed by atoms with van der Waals surface area (Å²) in [6.45, 7) is 2.21. The molecule has 0 spiro atoms. The number of nitro benzene ring substituents is 2. The highest BCUT2D eigenvalue weighted by Crippen LogP contribution is 2.24. The van der Waals surface area contributed by atoms with Crippen molar-refractivity contribution in [3.63, 3.8) is 0 Å². The Kier molecular flexibility index (Phi) is 11.1. The zero-order valence-corrected chi connectivity index (χ0v) is 16.3. The number of unbranched alkanes of at least 4 members (excludes halogenated alkanes) is 9. The normalized spacial score (nSPS) is 10.9. The molecule has 1 amide bonds. The first-order valence-electron chi connectivity index (χ1n) is 9.72. The highest BCUT2D eigenvalue weighted by atomic mass is 16.6. The largest absolute Gasteiger partial charge is 0.289 e. The number of nitro groups is 2. The molecule has 0 aliphatic heterocycles. The summed E-state index contributed by atoms with van der Waals surface area (Å²) in [4.78, 5) is 32.2. The van der Waals surface area contributed by atoms with Crippen LogP contribution >= 0.6 is 0 Å². The van der Waals surface area contributed by atoms with E-state index in [1.807, 2.05) is 0 Å². The van der Waals surface area contributed by atoms with Crippen LogP contribution in [0.25, 0.3) is 0 Å². The Morgan fingerprint density at radius 1 is 1.00 bits per heavy atom. The number of nitrogens with zero attached hydrogens (tertiary/aromatic N) is 3. The molecule has 0 saturated carbocycles. The maximum absolute atomic E-state index is 12.0. The molecule has 0 aliphatic carbocycles. The molecule has 0 unspecified atom stereocenters. The molecule has 28 heavy (non-hydrogen) atoms. The van der Waals surface area contributed by atoms with E-state index in [4.69, 9.17) is 0 Å². The van der Waals surface area contributed by atoms with E-state index in [0.717, 1.165) is 31.0 Å². The van der Waals surface area contributed by atoms with Crippen molar-refractivity contribution in [1.29, 1.82) is 0 Å². The number of carbonyl (C=O) groups excluding carboxylic acids is 1. The molecule has 9 nitrogen and oxygen atoms in total. The van der Waals surface area contributed by atoms with Crippen molar-refractivity contribution in [2.75, 3.05) is 0 Å².